The van der Waals surface area contributed by atoms with Crippen LogP contribution in [0.15, 0.2) is 24.3 Å². The summed E-state index contributed by atoms with van der Waals surface area (Å²) in [6, 6.07) is 5.62. The summed E-state index contributed by atoms with van der Waals surface area (Å²) >= 11 is 0. The first-order valence-electron chi connectivity index (χ1n) is 11.1. The number of hydrogen-bond acceptors (Lipinski definition) is 5. The number of nitrogens with one attached hydrogen (secondary N) is 1. The first-order valence-corrected chi connectivity index (χ1v) is 11.1. The summed E-state index contributed by atoms with van der Waals surface area (Å²) in [5.41, 5.74) is 5.95. The molecule has 9 heteroatoms. The number of rotatable bonds is 6. The number of carbonyl (C=O) groups is 4. The van der Waals surface area contributed by atoms with Crippen LogP contribution in [0.1, 0.15) is 48.9 Å². The number of hydrogen-bond donors (Lipinski definition) is 2. The maximum Gasteiger partial charge on any atom is 0.255 e. The molecule has 1 saturated carbocycles. The highest BCUT2D eigenvalue weighted by Gasteiger charge is 2.54. The van der Waals surface area contributed by atoms with Crippen molar-refractivity contribution in [2.24, 2.45) is 5.73 Å². The number of benzene rings is 1. The van der Waals surface area contributed by atoms with E-state index in [2.05, 4.69) is 5.32 Å². The fraction of sp³-hybridized carbons (Fsp3) is 0.522. The van der Waals surface area contributed by atoms with Gasteiger partial charge in [-0.2, -0.15) is 0 Å². The zero-order chi connectivity index (χ0) is 22.9. The standard InChI is InChI=1S/C23H29N4O5/c1-32-23(10-11-23)22(31)27-13-9-16(14-18(27)20(24)29)25-21(30)15-5-7-17(8-6-15)26-12-3-2-4-19(26)28/h5-8,14,16,18H,2-4,9-13H2,1H3,(H2,24,29)(H,25,30). The van der Waals surface area contributed by atoms with Gasteiger partial charge >= 0.3 is 0 Å². The molecular weight excluding hydrogens is 412 g/mol. The lowest BCUT2D eigenvalue weighted by Gasteiger charge is -2.39. The van der Waals surface area contributed by atoms with Crippen LogP contribution in [0.4, 0.5) is 5.69 Å². The van der Waals surface area contributed by atoms with E-state index in [1.54, 1.807) is 35.6 Å². The Labute approximate surface area is 187 Å². The van der Waals surface area contributed by atoms with E-state index in [-0.39, 0.29) is 17.7 Å². The van der Waals surface area contributed by atoms with E-state index in [0.717, 1.165) is 18.5 Å². The molecule has 2 aliphatic heterocycles. The quantitative estimate of drug-likeness (QED) is 0.675. The highest BCUT2D eigenvalue weighted by Crippen LogP contribution is 2.41. The molecule has 2 atom stereocenters. The molecule has 171 valence electrons. The molecule has 0 bridgehead atoms. The molecule has 4 amide bonds. The van der Waals surface area contributed by atoms with Gasteiger partial charge in [0.05, 0.1) is 0 Å². The number of amides is 4. The fourth-order valence-corrected chi connectivity index (χ4v) is 4.44. The average molecular weight is 442 g/mol. The monoisotopic (exact) mass is 441 g/mol. The zero-order valence-corrected chi connectivity index (χ0v) is 18.2. The van der Waals surface area contributed by atoms with Gasteiger partial charge in [0.2, 0.25) is 11.8 Å². The molecule has 1 radical (unpaired) electrons. The maximum atomic E-state index is 12.8. The van der Waals surface area contributed by atoms with Crippen LogP contribution in [0.2, 0.25) is 0 Å². The van der Waals surface area contributed by atoms with Crippen LogP contribution in [0, 0.1) is 6.42 Å². The van der Waals surface area contributed by atoms with Gasteiger partial charge in [0, 0.05) is 50.3 Å². The Morgan fingerprint density at radius 2 is 1.84 bits per heavy atom. The Kier molecular flexibility index (Phi) is 6.19. The highest BCUT2D eigenvalue weighted by atomic mass is 16.5. The molecule has 0 spiro atoms. The summed E-state index contributed by atoms with van der Waals surface area (Å²) in [6.07, 6.45) is 5.78. The molecular formula is C23H29N4O5. The van der Waals surface area contributed by atoms with Gasteiger partial charge < -0.3 is 25.6 Å². The second-order valence-corrected chi connectivity index (χ2v) is 8.65. The third kappa shape index (κ3) is 4.34. The maximum absolute atomic E-state index is 12.8. The van der Waals surface area contributed by atoms with Crippen molar-refractivity contribution in [2.45, 2.75) is 56.2 Å². The van der Waals surface area contributed by atoms with Gasteiger partial charge in [0.25, 0.3) is 11.8 Å². The summed E-state index contributed by atoms with van der Waals surface area (Å²) in [5.74, 6) is -1.06. The van der Waals surface area contributed by atoms with Gasteiger partial charge in [-0.05, 0) is 56.4 Å². The third-order valence-corrected chi connectivity index (χ3v) is 6.55. The predicted molar refractivity (Wildman–Crippen MR) is 116 cm³/mol. The minimum absolute atomic E-state index is 0.100. The summed E-state index contributed by atoms with van der Waals surface area (Å²) in [7, 11) is 1.49. The summed E-state index contributed by atoms with van der Waals surface area (Å²) in [4.78, 5) is 52.9. The fourth-order valence-electron chi connectivity index (χ4n) is 4.44. The molecule has 0 aromatic heterocycles. The van der Waals surface area contributed by atoms with Crippen LogP contribution < -0.4 is 16.0 Å². The minimum atomic E-state index is -0.901. The van der Waals surface area contributed by atoms with Crippen molar-refractivity contribution in [1.29, 1.82) is 0 Å². The minimum Gasteiger partial charge on any atom is -0.368 e. The Bertz CT molecular complexity index is 911. The number of nitrogens with two attached hydrogens (primary N) is 1. The predicted octanol–water partition coefficient (Wildman–Crippen LogP) is 0.771. The SMILES string of the molecule is COC1(C(=O)N2CCC(NC(=O)c3ccc(N4CCCCC4=O)cc3)[CH]C2C(N)=O)CC1. The summed E-state index contributed by atoms with van der Waals surface area (Å²) in [5, 5.41) is 2.90. The van der Waals surface area contributed by atoms with Gasteiger partial charge in [-0.1, -0.05) is 0 Å². The van der Waals surface area contributed by atoms with Crippen molar-refractivity contribution >= 4 is 29.3 Å². The lowest BCUT2D eigenvalue weighted by atomic mass is 9.95. The van der Waals surface area contributed by atoms with Gasteiger partial charge in [-0.3, -0.25) is 19.2 Å². The van der Waals surface area contributed by atoms with E-state index >= 15 is 0 Å². The molecule has 4 rings (SSSR count). The second kappa shape index (κ2) is 8.90. The molecule has 32 heavy (non-hydrogen) atoms. The van der Waals surface area contributed by atoms with E-state index in [0.29, 0.717) is 44.3 Å². The Morgan fingerprint density at radius 1 is 1.12 bits per heavy atom. The number of primary amides is 1. The van der Waals surface area contributed by atoms with E-state index < -0.39 is 23.6 Å². The van der Waals surface area contributed by atoms with Gasteiger partial charge in [-0.15, -0.1) is 0 Å². The average Bonchev–Trinajstić information content (AvgIpc) is 3.60. The molecule has 2 heterocycles. The number of ether oxygens (including phenoxy) is 1. The Morgan fingerprint density at radius 3 is 2.44 bits per heavy atom. The largest absolute Gasteiger partial charge is 0.368 e. The molecule has 9 nitrogen and oxygen atoms in total. The van der Waals surface area contributed by atoms with Crippen LogP contribution in [0.3, 0.4) is 0 Å². The molecule has 1 aromatic carbocycles. The molecule has 3 N–H and O–H groups in total. The van der Waals surface area contributed by atoms with Crippen molar-refractivity contribution in [2.75, 3.05) is 25.1 Å². The summed E-state index contributed by atoms with van der Waals surface area (Å²) in [6.45, 7) is 0.991. The number of methoxy groups -OCH3 is 1. The number of piperidine rings is 2. The second-order valence-electron chi connectivity index (χ2n) is 8.65. The van der Waals surface area contributed by atoms with Gasteiger partial charge in [0.15, 0.2) is 0 Å². The number of anilines is 1. The van der Waals surface area contributed by atoms with Crippen molar-refractivity contribution in [3.05, 3.63) is 36.2 Å². The van der Waals surface area contributed by atoms with Crippen LogP contribution in [0.5, 0.6) is 0 Å². The molecule has 3 fully saturated rings. The molecule has 1 aliphatic carbocycles. The van der Waals surface area contributed by atoms with Crippen LogP contribution in [0.25, 0.3) is 0 Å². The molecule has 2 saturated heterocycles. The Balaban J connectivity index is 1.38. The van der Waals surface area contributed by atoms with E-state index in [1.165, 1.54) is 12.0 Å². The van der Waals surface area contributed by atoms with E-state index in [9.17, 15) is 19.2 Å². The van der Waals surface area contributed by atoms with Crippen molar-refractivity contribution in [3.63, 3.8) is 0 Å². The van der Waals surface area contributed by atoms with Gasteiger partial charge in [-0.25, -0.2) is 0 Å². The van der Waals surface area contributed by atoms with E-state index in [1.807, 2.05) is 0 Å². The molecule has 3 aliphatic rings. The first-order chi connectivity index (χ1) is 15.3. The lowest BCUT2D eigenvalue weighted by molar-refractivity contribution is -0.150. The molecule has 1 aromatic rings. The highest BCUT2D eigenvalue weighted by molar-refractivity contribution is 5.97. The lowest BCUT2D eigenvalue weighted by Crippen LogP contribution is -2.59. The van der Waals surface area contributed by atoms with Crippen molar-refractivity contribution in [1.82, 2.24) is 10.2 Å². The molecule has 2 unspecified atom stereocenters. The normalized spacial score (nSPS) is 24.7. The third-order valence-electron chi connectivity index (χ3n) is 6.55. The van der Waals surface area contributed by atoms with Crippen LogP contribution >= 0.6 is 0 Å². The number of nitrogens with zero attached hydrogens (tertiary/aromatic N) is 2. The summed E-state index contributed by atoms with van der Waals surface area (Å²) < 4.78 is 5.35. The number of carbonyl (C=O) groups excluding carboxylic acids is 4. The van der Waals surface area contributed by atoms with Crippen LogP contribution in [-0.2, 0) is 19.1 Å². The van der Waals surface area contributed by atoms with Crippen molar-refractivity contribution in [3.8, 4) is 0 Å². The van der Waals surface area contributed by atoms with Gasteiger partial charge in [0.1, 0.15) is 11.6 Å². The topological polar surface area (TPSA) is 122 Å². The Hall–Kier alpha value is -2.94. The van der Waals surface area contributed by atoms with E-state index in [4.69, 9.17) is 10.5 Å². The number of likely N-dealkylation sites (tertiary alicyclic amines) is 1. The zero-order valence-electron chi connectivity index (χ0n) is 18.2. The first kappa shape index (κ1) is 22.3. The smallest absolute Gasteiger partial charge is 0.255 e. The van der Waals surface area contributed by atoms with Crippen molar-refractivity contribution < 1.29 is 23.9 Å². The van der Waals surface area contributed by atoms with Crippen LogP contribution in [-0.4, -0.2) is 66.4 Å².